The molecule has 3 aromatic carbocycles. The summed E-state index contributed by atoms with van der Waals surface area (Å²) >= 11 is 6.06. The van der Waals surface area contributed by atoms with Gasteiger partial charge in [0.25, 0.3) is 5.91 Å². The summed E-state index contributed by atoms with van der Waals surface area (Å²) in [6.07, 6.45) is 3.58. The van der Waals surface area contributed by atoms with Crippen LogP contribution >= 0.6 is 11.6 Å². The number of carbonyl (C=O) groups is 1. The Kier molecular flexibility index (Phi) is 6.48. The van der Waals surface area contributed by atoms with Gasteiger partial charge in [-0.25, -0.2) is 0 Å². The first-order valence-electron chi connectivity index (χ1n) is 10.4. The highest BCUT2D eigenvalue weighted by atomic mass is 35.5. The molecule has 0 fully saturated rings. The monoisotopic (exact) mass is 455 g/mol. The van der Waals surface area contributed by atoms with Gasteiger partial charge in [0.05, 0.1) is 12.8 Å². The predicted octanol–water partition coefficient (Wildman–Crippen LogP) is 6.21. The van der Waals surface area contributed by atoms with Gasteiger partial charge < -0.3 is 14.6 Å². The van der Waals surface area contributed by atoms with E-state index >= 15 is 0 Å². The molecule has 0 saturated carbocycles. The third-order valence-electron chi connectivity index (χ3n) is 5.33. The molecule has 4 aromatic rings. The van der Waals surface area contributed by atoms with E-state index in [9.17, 15) is 10.1 Å². The topological polar surface area (TPSA) is 67.0 Å². The maximum Gasteiger partial charge on any atom is 0.266 e. The lowest BCUT2D eigenvalue weighted by atomic mass is 10.1. The zero-order valence-electron chi connectivity index (χ0n) is 18.3. The van der Waals surface area contributed by atoms with Crippen molar-refractivity contribution in [2.45, 2.75) is 13.5 Å². The van der Waals surface area contributed by atoms with Crippen LogP contribution in [0.1, 0.15) is 16.7 Å². The molecule has 0 aliphatic rings. The van der Waals surface area contributed by atoms with Crippen molar-refractivity contribution in [1.29, 1.82) is 5.26 Å². The van der Waals surface area contributed by atoms with E-state index in [4.69, 9.17) is 16.3 Å². The van der Waals surface area contributed by atoms with E-state index in [-0.39, 0.29) is 5.57 Å². The van der Waals surface area contributed by atoms with Crippen LogP contribution in [0.3, 0.4) is 0 Å². The fourth-order valence-corrected chi connectivity index (χ4v) is 3.97. The number of methoxy groups -OCH3 is 1. The average molecular weight is 456 g/mol. The van der Waals surface area contributed by atoms with E-state index < -0.39 is 5.91 Å². The molecule has 5 nitrogen and oxygen atoms in total. The highest BCUT2D eigenvalue weighted by molar-refractivity contribution is 6.31. The second kappa shape index (κ2) is 9.64. The van der Waals surface area contributed by atoms with Crippen molar-refractivity contribution in [3.05, 3.63) is 100 Å². The molecule has 33 heavy (non-hydrogen) atoms. The molecule has 0 bridgehead atoms. The van der Waals surface area contributed by atoms with Crippen LogP contribution in [0.5, 0.6) is 5.75 Å². The highest BCUT2D eigenvalue weighted by Crippen LogP contribution is 2.29. The van der Waals surface area contributed by atoms with Gasteiger partial charge in [-0.3, -0.25) is 4.79 Å². The molecule has 0 radical (unpaired) electrons. The van der Waals surface area contributed by atoms with E-state index in [2.05, 4.69) is 35.0 Å². The van der Waals surface area contributed by atoms with E-state index in [0.717, 1.165) is 16.5 Å². The standard InChI is InChI=1S/C27H22ClN3O2/c1-18-6-5-7-19(12-18)16-31-17-21(23-8-3-4-9-25(23)31)13-20(15-29)27(32)30-24-14-22(28)10-11-26(24)33-2/h3-14,17H,16H2,1-2H3,(H,30,32)/b20-13+. The molecule has 1 heterocycles. The highest BCUT2D eigenvalue weighted by Gasteiger charge is 2.15. The number of fused-ring (bicyclic) bond motifs is 1. The first-order chi connectivity index (χ1) is 16.0. The number of aryl methyl sites for hydroxylation is 1. The molecule has 0 aliphatic heterocycles. The Hall–Kier alpha value is -4.01. The summed E-state index contributed by atoms with van der Waals surface area (Å²) in [4.78, 5) is 12.9. The second-order valence-electron chi connectivity index (χ2n) is 7.69. The number of carbonyl (C=O) groups excluding carboxylic acids is 1. The lowest BCUT2D eigenvalue weighted by molar-refractivity contribution is -0.112. The number of halogens is 1. The summed E-state index contributed by atoms with van der Waals surface area (Å²) in [6, 6.07) is 23.2. The van der Waals surface area contributed by atoms with Gasteiger partial charge in [-0.2, -0.15) is 5.26 Å². The van der Waals surface area contributed by atoms with Crippen LogP contribution in [-0.2, 0) is 11.3 Å². The predicted molar refractivity (Wildman–Crippen MR) is 132 cm³/mol. The Labute approximate surface area is 197 Å². The maximum atomic E-state index is 12.9. The molecule has 0 unspecified atom stereocenters. The average Bonchev–Trinajstić information content (AvgIpc) is 3.14. The second-order valence-corrected chi connectivity index (χ2v) is 8.12. The lowest BCUT2D eigenvalue weighted by Crippen LogP contribution is -2.14. The number of hydrogen-bond acceptors (Lipinski definition) is 3. The summed E-state index contributed by atoms with van der Waals surface area (Å²) in [5.41, 5.74) is 4.58. The molecule has 0 spiro atoms. The number of para-hydroxylation sites is 1. The molecule has 0 saturated heterocycles. The number of benzene rings is 3. The van der Waals surface area contributed by atoms with Gasteiger partial charge in [-0.15, -0.1) is 0 Å². The molecule has 164 valence electrons. The van der Waals surface area contributed by atoms with Crippen LogP contribution in [0.2, 0.25) is 5.02 Å². The minimum atomic E-state index is -0.534. The summed E-state index contributed by atoms with van der Waals surface area (Å²) < 4.78 is 7.41. The molecule has 1 aromatic heterocycles. The number of hydrogen-bond donors (Lipinski definition) is 1. The van der Waals surface area contributed by atoms with Crippen molar-refractivity contribution >= 4 is 40.2 Å². The number of amides is 1. The van der Waals surface area contributed by atoms with E-state index in [1.807, 2.05) is 42.6 Å². The van der Waals surface area contributed by atoms with E-state index in [1.165, 1.54) is 18.2 Å². The fourth-order valence-electron chi connectivity index (χ4n) is 3.80. The number of nitrogens with one attached hydrogen (secondary N) is 1. The minimum absolute atomic E-state index is 0.0181. The van der Waals surface area contributed by atoms with Gasteiger partial charge in [-0.05, 0) is 42.8 Å². The molecular weight excluding hydrogens is 434 g/mol. The lowest BCUT2D eigenvalue weighted by Gasteiger charge is -2.10. The molecule has 1 amide bonds. The molecule has 0 atom stereocenters. The Bertz CT molecular complexity index is 1410. The third kappa shape index (κ3) is 4.92. The zero-order chi connectivity index (χ0) is 23.4. The molecule has 6 heteroatoms. The normalized spacial score (nSPS) is 11.3. The van der Waals surface area contributed by atoms with Gasteiger partial charge in [0, 0.05) is 34.2 Å². The number of aromatic nitrogens is 1. The SMILES string of the molecule is COc1ccc(Cl)cc1NC(=O)/C(C#N)=C/c1cn(Cc2cccc(C)c2)c2ccccc12. The number of rotatable bonds is 6. The van der Waals surface area contributed by atoms with Crippen molar-refractivity contribution in [3.8, 4) is 11.8 Å². The van der Waals surface area contributed by atoms with Crippen LogP contribution in [-0.4, -0.2) is 17.6 Å². The van der Waals surface area contributed by atoms with Crippen LogP contribution in [0.4, 0.5) is 5.69 Å². The molecule has 1 N–H and O–H groups in total. The zero-order valence-corrected chi connectivity index (χ0v) is 19.1. The van der Waals surface area contributed by atoms with Gasteiger partial charge in [0.1, 0.15) is 17.4 Å². The van der Waals surface area contributed by atoms with Crippen LogP contribution in [0.25, 0.3) is 17.0 Å². The smallest absolute Gasteiger partial charge is 0.266 e. The van der Waals surface area contributed by atoms with Crippen molar-refractivity contribution in [3.63, 3.8) is 0 Å². The maximum absolute atomic E-state index is 12.9. The van der Waals surface area contributed by atoms with Crippen molar-refractivity contribution in [2.75, 3.05) is 12.4 Å². The van der Waals surface area contributed by atoms with Gasteiger partial charge in [0.15, 0.2) is 0 Å². The fraction of sp³-hybridized carbons (Fsp3) is 0.111. The van der Waals surface area contributed by atoms with E-state index in [1.54, 1.807) is 24.3 Å². The number of anilines is 1. The molecular formula is C27H22ClN3O2. The Balaban J connectivity index is 1.69. The van der Waals surface area contributed by atoms with Gasteiger partial charge in [0.2, 0.25) is 0 Å². The summed E-state index contributed by atoms with van der Waals surface area (Å²) in [6.45, 7) is 2.75. The molecule has 4 rings (SSSR count). The summed E-state index contributed by atoms with van der Waals surface area (Å²) in [5.74, 6) is -0.0756. The first kappa shape index (κ1) is 22.2. The minimum Gasteiger partial charge on any atom is -0.495 e. The van der Waals surface area contributed by atoms with Gasteiger partial charge >= 0.3 is 0 Å². The summed E-state index contributed by atoms with van der Waals surface area (Å²) in [7, 11) is 1.50. The van der Waals surface area contributed by atoms with Crippen LogP contribution in [0.15, 0.2) is 78.5 Å². The van der Waals surface area contributed by atoms with Crippen LogP contribution in [0, 0.1) is 18.3 Å². The Morgan fingerprint density at radius 1 is 1.15 bits per heavy atom. The Morgan fingerprint density at radius 3 is 2.73 bits per heavy atom. The first-order valence-corrected chi connectivity index (χ1v) is 10.8. The van der Waals surface area contributed by atoms with Crippen LogP contribution < -0.4 is 10.1 Å². The quantitative estimate of drug-likeness (QED) is 0.278. The number of ether oxygens (including phenoxy) is 1. The molecule has 0 aliphatic carbocycles. The summed E-state index contributed by atoms with van der Waals surface area (Å²) in [5, 5.41) is 13.9. The number of nitriles is 1. The largest absolute Gasteiger partial charge is 0.495 e. The van der Waals surface area contributed by atoms with Crippen molar-refractivity contribution < 1.29 is 9.53 Å². The van der Waals surface area contributed by atoms with Crippen molar-refractivity contribution in [1.82, 2.24) is 4.57 Å². The van der Waals surface area contributed by atoms with E-state index in [0.29, 0.717) is 23.0 Å². The number of nitrogens with zero attached hydrogens (tertiary/aromatic N) is 2. The van der Waals surface area contributed by atoms with Crippen molar-refractivity contribution in [2.24, 2.45) is 0 Å². The van der Waals surface area contributed by atoms with Gasteiger partial charge in [-0.1, -0.05) is 59.6 Å². The Morgan fingerprint density at radius 2 is 1.97 bits per heavy atom. The third-order valence-corrected chi connectivity index (χ3v) is 5.56.